The number of nitrogens with one attached hydrogen (secondary N) is 3. The first-order valence-electron chi connectivity index (χ1n) is 16.2. The molecule has 3 aromatic carbocycles. The summed E-state index contributed by atoms with van der Waals surface area (Å²) in [4.78, 5) is 80.0. The zero-order chi connectivity index (χ0) is 36.2. The smallest absolute Gasteiger partial charge is 0.277 e. The van der Waals surface area contributed by atoms with Crippen LogP contribution in [0, 0.1) is 0 Å². The summed E-state index contributed by atoms with van der Waals surface area (Å²) in [5, 5.41) is 5.56. The van der Waals surface area contributed by atoms with E-state index >= 15 is 0 Å². The Kier molecular flexibility index (Phi) is 9.09. The molecule has 1 aliphatic heterocycles. The van der Waals surface area contributed by atoms with Crippen molar-refractivity contribution >= 4 is 68.7 Å². The second-order valence-corrected chi connectivity index (χ2v) is 11.8. The summed E-state index contributed by atoms with van der Waals surface area (Å²) in [6.45, 7) is 1.01. The molecule has 3 amide bonds. The molecular weight excluding hydrogens is 658 g/mol. The fourth-order valence-electron chi connectivity index (χ4n) is 5.85. The molecular formula is C40H29N7O5. The van der Waals surface area contributed by atoms with Crippen LogP contribution in [0.4, 0.5) is 0 Å². The number of aromatic nitrogens is 5. The minimum absolute atomic E-state index is 0.0859. The Morgan fingerprint density at radius 2 is 1.00 bits per heavy atom. The fourth-order valence-corrected chi connectivity index (χ4v) is 5.85. The molecule has 4 aromatic heterocycles. The molecule has 0 unspecified atom stereocenters. The maximum atomic E-state index is 12.7. The van der Waals surface area contributed by atoms with Crippen molar-refractivity contribution in [2.45, 2.75) is 6.92 Å². The van der Waals surface area contributed by atoms with E-state index in [-0.39, 0.29) is 40.0 Å². The zero-order valence-corrected chi connectivity index (χ0v) is 27.7. The second-order valence-electron chi connectivity index (χ2n) is 11.8. The van der Waals surface area contributed by atoms with Gasteiger partial charge in [-0.2, -0.15) is 0 Å². The van der Waals surface area contributed by atoms with Crippen molar-refractivity contribution in [3.8, 4) is 0 Å². The topological polar surface area (TPSA) is 171 Å². The number of pyridine rings is 3. The van der Waals surface area contributed by atoms with Crippen molar-refractivity contribution in [2.75, 3.05) is 6.54 Å². The van der Waals surface area contributed by atoms with E-state index in [9.17, 15) is 24.0 Å². The summed E-state index contributed by atoms with van der Waals surface area (Å²) >= 11 is 0. The maximum absolute atomic E-state index is 12.7. The number of aromatic amines is 2. The third-order valence-corrected chi connectivity index (χ3v) is 8.36. The molecule has 1 fully saturated rings. The van der Waals surface area contributed by atoms with E-state index in [1.54, 1.807) is 42.9 Å². The van der Waals surface area contributed by atoms with Crippen LogP contribution in [0.2, 0.25) is 0 Å². The van der Waals surface area contributed by atoms with E-state index in [0.29, 0.717) is 0 Å². The molecule has 5 heterocycles. The Hall–Kier alpha value is -7.34. The molecule has 12 heteroatoms. The number of carbonyl (C=O) groups is 3. The first kappa shape index (κ1) is 33.2. The van der Waals surface area contributed by atoms with Gasteiger partial charge in [0.25, 0.3) is 17.0 Å². The van der Waals surface area contributed by atoms with Crippen LogP contribution in [-0.4, -0.2) is 54.1 Å². The summed E-state index contributed by atoms with van der Waals surface area (Å²) in [5.74, 6) is -1.35. The minimum Gasteiger partial charge on any atom is -0.320 e. The molecule has 12 nitrogen and oxygen atoms in total. The van der Waals surface area contributed by atoms with Crippen molar-refractivity contribution in [1.82, 2.24) is 35.1 Å². The van der Waals surface area contributed by atoms with Crippen molar-refractivity contribution < 1.29 is 14.4 Å². The van der Waals surface area contributed by atoms with E-state index < -0.39 is 11.8 Å². The fraction of sp³-hybridized carbons (Fsp3) is 0.0500. The lowest BCUT2D eigenvalue weighted by molar-refractivity contribution is -0.147. The van der Waals surface area contributed by atoms with E-state index in [0.717, 1.165) is 54.3 Å². The van der Waals surface area contributed by atoms with Crippen molar-refractivity contribution in [3.05, 3.63) is 163 Å². The van der Waals surface area contributed by atoms with Gasteiger partial charge in [-0.25, -0.2) is 0 Å². The van der Waals surface area contributed by atoms with Crippen LogP contribution >= 0.6 is 0 Å². The third-order valence-electron chi connectivity index (χ3n) is 8.36. The molecule has 254 valence electrons. The molecule has 0 aliphatic carbocycles. The highest BCUT2D eigenvalue weighted by molar-refractivity contribution is 6.13. The van der Waals surface area contributed by atoms with Gasteiger partial charge in [0, 0.05) is 41.7 Å². The predicted octanol–water partition coefficient (Wildman–Crippen LogP) is 2.90. The number of carbonyl (C=O) groups excluding carboxylic acids is 3. The highest BCUT2D eigenvalue weighted by Gasteiger charge is 2.30. The Balaban J connectivity index is 0.000000170. The number of fused-ring (bicyclic) bond motifs is 3. The van der Waals surface area contributed by atoms with E-state index in [4.69, 9.17) is 0 Å². The van der Waals surface area contributed by atoms with Crippen LogP contribution in [-0.2, 0) is 14.4 Å². The molecule has 1 aliphatic rings. The number of imide groups is 1. The molecule has 0 bridgehead atoms. The van der Waals surface area contributed by atoms with Crippen molar-refractivity contribution in [3.63, 3.8) is 0 Å². The molecule has 0 saturated carbocycles. The number of para-hydroxylation sites is 3. The molecule has 1 saturated heterocycles. The van der Waals surface area contributed by atoms with Gasteiger partial charge in [-0.05, 0) is 71.3 Å². The number of hydrogen-bond acceptors (Lipinski definition) is 8. The van der Waals surface area contributed by atoms with Crippen LogP contribution in [0.15, 0.2) is 125 Å². The van der Waals surface area contributed by atoms with Gasteiger partial charge in [-0.3, -0.25) is 43.8 Å². The summed E-state index contributed by atoms with van der Waals surface area (Å²) in [7, 11) is 0. The van der Waals surface area contributed by atoms with Crippen molar-refractivity contribution in [2.24, 2.45) is 0 Å². The normalized spacial score (nSPS) is 14.5. The number of piperazine rings is 1. The molecule has 7 aromatic rings. The van der Waals surface area contributed by atoms with Gasteiger partial charge in [0.2, 0.25) is 11.8 Å². The lowest BCUT2D eigenvalue weighted by Crippen LogP contribution is -2.51. The molecule has 52 heavy (non-hydrogen) atoms. The number of H-pyrrole nitrogens is 2. The van der Waals surface area contributed by atoms with Gasteiger partial charge in [0.1, 0.15) is 22.9 Å². The van der Waals surface area contributed by atoms with E-state index in [2.05, 4.69) is 30.2 Å². The highest BCUT2D eigenvalue weighted by Crippen LogP contribution is 2.20. The summed E-state index contributed by atoms with van der Waals surface area (Å²) in [6, 6.07) is 28.1. The maximum Gasteiger partial charge on any atom is 0.277 e. The van der Waals surface area contributed by atoms with Crippen LogP contribution in [0.1, 0.15) is 23.6 Å². The SMILES string of the molecule is CC(=O)N1CC(=O)N/C(=C\c2ccnc3ccccc23)C1=O.O=c1[nH]/c(=C\c2ccnc3ccccc23)c(=O)[nH]/c1=C\c1ccnc2ccccc12. The molecule has 3 N–H and O–H groups in total. The quantitative estimate of drug-likeness (QED) is 0.238. The number of rotatable bonds is 3. The van der Waals surface area contributed by atoms with Gasteiger partial charge in [-0.1, -0.05) is 54.6 Å². The zero-order valence-electron chi connectivity index (χ0n) is 27.7. The van der Waals surface area contributed by atoms with Gasteiger partial charge < -0.3 is 15.3 Å². The average Bonchev–Trinajstić information content (AvgIpc) is 3.15. The first-order valence-corrected chi connectivity index (χ1v) is 16.2. The Morgan fingerprint density at radius 1 is 0.596 bits per heavy atom. The average molecular weight is 688 g/mol. The van der Waals surface area contributed by atoms with Crippen LogP contribution in [0.5, 0.6) is 0 Å². The van der Waals surface area contributed by atoms with E-state index in [1.165, 1.54) is 6.92 Å². The number of amides is 3. The lowest BCUT2D eigenvalue weighted by atomic mass is 10.1. The largest absolute Gasteiger partial charge is 0.320 e. The highest BCUT2D eigenvalue weighted by atomic mass is 16.2. The monoisotopic (exact) mass is 687 g/mol. The summed E-state index contributed by atoms with van der Waals surface area (Å²) < 4.78 is 0. The Bertz CT molecular complexity index is 2700. The molecule has 0 radical (unpaired) electrons. The van der Waals surface area contributed by atoms with Gasteiger partial charge >= 0.3 is 0 Å². The van der Waals surface area contributed by atoms with Gasteiger partial charge in [-0.15, -0.1) is 0 Å². The first-order chi connectivity index (χ1) is 25.2. The third kappa shape index (κ3) is 6.89. The number of nitrogens with zero attached hydrogens (tertiary/aromatic N) is 4. The lowest BCUT2D eigenvalue weighted by Gasteiger charge is -2.25. The van der Waals surface area contributed by atoms with E-state index in [1.807, 2.05) is 84.9 Å². The molecule has 0 spiro atoms. The van der Waals surface area contributed by atoms with Gasteiger partial charge in [0.15, 0.2) is 0 Å². The summed E-state index contributed by atoms with van der Waals surface area (Å²) in [5.41, 5.74) is 4.12. The summed E-state index contributed by atoms with van der Waals surface area (Å²) in [6.07, 6.45) is 9.88. The van der Waals surface area contributed by atoms with Crippen LogP contribution < -0.4 is 27.1 Å². The van der Waals surface area contributed by atoms with Gasteiger partial charge in [0.05, 0.1) is 16.6 Å². The number of hydrogen-bond donors (Lipinski definition) is 3. The minimum atomic E-state index is -0.506. The molecule has 8 rings (SSSR count). The standard InChI is InChI=1S/C24H16N4O2.C16H13N3O3/c29-23-21(13-15-9-11-25-19-7-3-1-5-17(15)19)27-24(30)22(28-23)14-16-10-12-26-20-8-4-2-6-18(16)20;1-10(20)19-9-15(21)18-14(16(19)22)8-11-6-7-17-13-5-3-2-4-12(11)13/h1-14H,(H,27,30)(H,28,29);2-8H,9H2,1H3,(H,18,21)/b21-13-,22-14-;14-8-. The predicted molar refractivity (Wildman–Crippen MR) is 198 cm³/mol. The van der Waals surface area contributed by atoms with Crippen LogP contribution in [0.25, 0.3) is 50.9 Å². The van der Waals surface area contributed by atoms with Crippen molar-refractivity contribution in [1.29, 1.82) is 0 Å². The molecule has 0 atom stereocenters. The Labute approximate surface area is 294 Å². The second kappa shape index (κ2) is 14.3. The number of benzene rings is 3. The van der Waals surface area contributed by atoms with Crippen LogP contribution in [0.3, 0.4) is 0 Å². The Morgan fingerprint density at radius 3 is 1.42 bits per heavy atom.